The molecule has 1 aromatic carbocycles. The highest BCUT2D eigenvalue weighted by Crippen LogP contribution is 2.19. The van der Waals surface area contributed by atoms with Gasteiger partial charge in [0.2, 0.25) is 0 Å². The summed E-state index contributed by atoms with van der Waals surface area (Å²) in [6.07, 6.45) is 3.55. The van der Waals surface area contributed by atoms with Gasteiger partial charge in [-0.05, 0) is 38.4 Å². The number of nitrogens with zero attached hydrogens (tertiary/aromatic N) is 3. The number of methoxy groups -OCH3 is 1. The predicted octanol–water partition coefficient (Wildman–Crippen LogP) is 2.30. The van der Waals surface area contributed by atoms with Crippen molar-refractivity contribution in [1.29, 1.82) is 0 Å². The Morgan fingerprint density at radius 2 is 2.11 bits per heavy atom. The zero-order valence-electron chi connectivity index (χ0n) is 15.5. The number of ether oxygens (including phenoxy) is 1. The highest BCUT2D eigenvalue weighted by molar-refractivity contribution is 5.93. The molecule has 1 aliphatic rings. The van der Waals surface area contributed by atoms with Crippen LogP contribution in [0.5, 0.6) is 0 Å². The van der Waals surface area contributed by atoms with Gasteiger partial charge in [0.1, 0.15) is 5.69 Å². The van der Waals surface area contributed by atoms with Gasteiger partial charge in [-0.25, -0.2) is 13.5 Å². The van der Waals surface area contributed by atoms with Crippen molar-refractivity contribution >= 4 is 5.91 Å². The summed E-state index contributed by atoms with van der Waals surface area (Å²) in [6.45, 7) is 4.67. The maximum absolute atomic E-state index is 14.0. The van der Waals surface area contributed by atoms with Gasteiger partial charge in [0.05, 0.1) is 6.61 Å². The minimum atomic E-state index is -0.732. The van der Waals surface area contributed by atoms with E-state index in [1.54, 1.807) is 14.0 Å². The number of carbonyl (C=O) groups excluding carboxylic acids is 1. The summed E-state index contributed by atoms with van der Waals surface area (Å²) in [7, 11) is 1.67. The van der Waals surface area contributed by atoms with Crippen molar-refractivity contribution in [2.75, 3.05) is 33.4 Å². The summed E-state index contributed by atoms with van der Waals surface area (Å²) in [5, 5.41) is 7.00. The second-order valence-corrected chi connectivity index (χ2v) is 6.71. The van der Waals surface area contributed by atoms with Crippen molar-refractivity contribution in [1.82, 2.24) is 20.0 Å². The zero-order valence-corrected chi connectivity index (χ0v) is 15.5. The molecular weight excluding hydrogens is 354 g/mol. The quantitative estimate of drug-likeness (QED) is 0.803. The summed E-state index contributed by atoms with van der Waals surface area (Å²) in [4.78, 5) is 14.8. The van der Waals surface area contributed by atoms with E-state index >= 15 is 0 Å². The van der Waals surface area contributed by atoms with Crippen molar-refractivity contribution in [2.24, 2.45) is 0 Å². The number of likely N-dealkylation sites (tertiary alicyclic amines) is 1. The maximum Gasteiger partial charge on any atom is 0.272 e. The Balaban J connectivity index is 1.68. The number of aryl methyl sites for hydroxylation is 1. The first-order chi connectivity index (χ1) is 13.0. The van der Waals surface area contributed by atoms with E-state index in [-0.39, 0.29) is 23.3 Å². The van der Waals surface area contributed by atoms with E-state index in [0.717, 1.165) is 42.7 Å². The van der Waals surface area contributed by atoms with E-state index in [9.17, 15) is 13.6 Å². The fourth-order valence-corrected chi connectivity index (χ4v) is 3.43. The molecule has 1 unspecified atom stereocenters. The van der Waals surface area contributed by atoms with E-state index in [1.807, 2.05) is 0 Å². The van der Waals surface area contributed by atoms with Crippen LogP contribution in [0.2, 0.25) is 0 Å². The molecule has 1 saturated heterocycles. The lowest BCUT2D eigenvalue weighted by molar-refractivity contribution is 0.0927. The lowest BCUT2D eigenvalue weighted by Gasteiger charge is -2.24. The van der Waals surface area contributed by atoms with Gasteiger partial charge in [0.25, 0.3) is 5.91 Å². The smallest absolute Gasteiger partial charge is 0.272 e. The van der Waals surface area contributed by atoms with Crippen LogP contribution >= 0.6 is 0 Å². The Kier molecular flexibility index (Phi) is 6.18. The molecule has 146 valence electrons. The van der Waals surface area contributed by atoms with Gasteiger partial charge in [-0.1, -0.05) is 6.07 Å². The second kappa shape index (κ2) is 8.58. The molecule has 1 N–H and O–H groups in total. The van der Waals surface area contributed by atoms with Gasteiger partial charge >= 0.3 is 0 Å². The first-order valence-electron chi connectivity index (χ1n) is 9.03. The fourth-order valence-electron chi connectivity index (χ4n) is 3.43. The highest BCUT2D eigenvalue weighted by Gasteiger charge is 2.25. The molecule has 1 aromatic heterocycles. The van der Waals surface area contributed by atoms with Crippen molar-refractivity contribution < 1.29 is 18.3 Å². The van der Waals surface area contributed by atoms with Crippen molar-refractivity contribution in [3.63, 3.8) is 0 Å². The topological polar surface area (TPSA) is 59.4 Å². The van der Waals surface area contributed by atoms with E-state index < -0.39 is 11.6 Å². The largest absolute Gasteiger partial charge is 0.383 e. The number of hydrogen-bond donors (Lipinski definition) is 1. The van der Waals surface area contributed by atoms with Crippen LogP contribution < -0.4 is 5.32 Å². The summed E-state index contributed by atoms with van der Waals surface area (Å²) in [6, 6.07) is 3.86. The molecular formula is C19H24F2N4O2. The minimum Gasteiger partial charge on any atom is -0.383 e. The van der Waals surface area contributed by atoms with Crippen LogP contribution in [0, 0.1) is 18.6 Å². The molecule has 1 amide bonds. The van der Waals surface area contributed by atoms with E-state index in [4.69, 9.17) is 4.74 Å². The van der Waals surface area contributed by atoms with Crippen LogP contribution in [0.15, 0.2) is 24.4 Å². The maximum atomic E-state index is 14.0. The molecule has 1 atom stereocenters. The van der Waals surface area contributed by atoms with Gasteiger partial charge in [0, 0.05) is 38.0 Å². The number of nitrogens with one attached hydrogen (secondary N) is 1. The summed E-state index contributed by atoms with van der Waals surface area (Å²) in [5.74, 6) is -1.81. The molecule has 8 heteroatoms. The average molecular weight is 378 g/mol. The number of amides is 1. The molecule has 1 aliphatic heterocycles. The number of aromatic nitrogens is 2. The molecule has 2 aromatic rings. The Labute approximate surface area is 157 Å². The molecule has 6 nitrogen and oxygen atoms in total. The third-order valence-electron chi connectivity index (χ3n) is 4.86. The van der Waals surface area contributed by atoms with Crippen LogP contribution in [0.4, 0.5) is 8.78 Å². The lowest BCUT2D eigenvalue weighted by Crippen LogP contribution is -2.41. The fraction of sp³-hybridized carbons (Fsp3) is 0.474. The normalized spacial score (nSPS) is 17.4. The van der Waals surface area contributed by atoms with Crippen LogP contribution in [0.25, 0.3) is 5.69 Å². The standard InChI is InChI=1S/C19H24F2N4O2/c1-13-12-25(18-15(20)6-3-7-16(18)21)23-17(13)19(26)22-11-14-5-4-8-24(14)9-10-27-2/h3,6-7,12,14H,4-5,8-11H2,1-2H3,(H,22,26). The number of hydrogen-bond acceptors (Lipinski definition) is 4. The van der Waals surface area contributed by atoms with Gasteiger partial charge in [-0.3, -0.25) is 9.69 Å². The molecule has 0 bridgehead atoms. The van der Waals surface area contributed by atoms with Gasteiger partial charge in [-0.15, -0.1) is 0 Å². The molecule has 0 radical (unpaired) electrons. The monoisotopic (exact) mass is 378 g/mol. The molecule has 3 rings (SSSR count). The Morgan fingerprint density at radius 3 is 2.81 bits per heavy atom. The molecule has 27 heavy (non-hydrogen) atoms. The molecule has 0 saturated carbocycles. The van der Waals surface area contributed by atoms with Crippen LogP contribution in [-0.2, 0) is 4.74 Å². The number of benzene rings is 1. The number of rotatable bonds is 7. The highest BCUT2D eigenvalue weighted by atomic mass is 19.1. The zero-order chi connectivity index (χ0) is 19.4. The van der Waals surface area contributed by atoms with E-state index in [2.05, 4.69) is 15.3 Å². The summed E-state index contributed by atoms with van der Waals surface area (Å²) >= 11 is 0. The minimum absolute atomic E-state index is 0.166. The first kappa shape index (κ1) is 19.4. The van der Waals surface area contributed by atoms with Crippen LogP contribution in [0.1, 0.15) is 28.9 Å². The van der Waals surface area contributed by atoms with Crippen molar-refractivity contribution in [3.05, 3.63) is 47.3 Å². The third-order valence-corrected chi connectivity index (χ3v) is 4.86. The average Bonchev–Trinajstić information content (AvgIpc) is 3.24. The molecule has 1 fully saturated rings. The van der Waals surface area contributed by atoms with Crippen LogP contribution in [-0.4, -0.2) is 60.0 Å². The lowest BCUT2D eigenvalue weighted by atomic mass is 10.2. The van der Waals surface area contributed by atoms with E-state index in [1.165, 1.54) is 12.3 Å². The number of para-hydroxylation sites is 1. The van der Waals surface area contributed by atoms with Gasteiger partial charge < -0.3 is 10.1 Å². The number of carbonyl (C=O) groups is 1. The molecule has 0 spiro atoms. The predicted molar refractivity (Wildman–Crippen MR) is 97.0 cm³/mol. The summed E-state index contributed by atoms with van der Waals surface area (Å²) < 4.78 is 34.1. The first-order valence-corrected chi connectivity index (χ1v) is 9.03. The van der Waals surface area contributed by atoms with Crippen molar-refractivity contribution in [3.8, 4) is 5.69 Å². The Hall–Kier alpha value is -2.32. The van der Waals surface area contributed by atoms with Gasteiger partial charge in [0.15, 0.2) is 17.3 Å². The Bertz CT molecular complexity index is 789. The third kappa shape index (κ3) is 4.33. The second-order valence-electron chi connectivity index (χ2n) is 6.71. The van der Waals surface area contributed by atoms with Crippen LogP contribution in [0.3, 0.4) is 0 Å². The SMILES string of the molecule is COCCN1CCCC1CNC(=O)c1nn(-c2c(F)cccc2F)cc1C. The molecule has 2 heterocycles. The van der Waals surface area contributed by atoms with Crippen molar-refractivity contribution in [2.45, 2.75) is 25.8 Å². The van der Waals surface area contributed by atoms with E-state index in [0.29, 0.717) is 18.7 Å². The molecule has 0 aliphatic carbocycles. The van der Waals surface area contributed by atoms with Gasteiger partial charge in [-0.2, -0.15) is 5.10 Å². The Morgan fingerprint density at radius 1 is 1.37 bits per heavy atom. The summed E-state index contributed by atoms with van der Waals surface area (Å²) in [5.41, 5.74) is 0.429. The number of halogens is 2.